The highest BCUT2D eigenvalue weighted by Gasteiger charge is 2.16. The van der Waals surface area contributed by atoms with Gasteiger partial charge < -0.3 is 0 Å². The molecule has 0 aliphatic carbocycles. The third-order valence-corrected chi connectivity index (χ3v) is 4.82. The molecule has 0 unspecified atom stereocenters. The van der Waals surface area contributed by atoms with E-state index in [4.69, 9.17) is 0 Å². The van der Waals surface area contributed by atoms with Crippen molar-refractivity contribution in [1.82, 2.24) is 23.9 Å². The van der Waals surface area contributed by atoms with Crippen molar-refractivity contribution in [2.24, 2.45) is 0 Å². The van der Waals surface area contributed by atoms with Crippen LogP contribution in [0.5, 0.6) is 0 Å². The predicted octanol–water partition coefficient (Wildman–Crippen LogP) is 3.43. The summed E-state index contributed by atoms with van der Waals surface area (Å²) in [5, 5.41) is 0. The van der Waals surface area contributed by atoms with Crippen LogP contribution in [0, 0.1) is 11.6 Å². The monoisotopic (exact) mass is 389 g/mol. The highest BCUT2D eigenvalue weighted by molar-refractivity contribution is 5.73. The van der Waals surface area contributed by atoms with Gasteiger partial charge in [0.2, 0.25) is 0 Å². The molecular weight excluding hydrogens is 376 g/mol. The zero-order chi connectivity index (χ0) is 20.0. The molecule has 0 bridgehead atoms. The molecule has 0 atom stereocenters. The summed E-state index contributed by atoms with van der Waals surface area (Å²) in [6, 6.07) is 9.59. The van der Waals surface area contributed by atoms with Crippen molar-refractivity contribution in [1.29, 1.82) is 0 Å². The fourth-order valence-electron chi connectivity index (χ4n) is 3.38. The first kappa shape index (κ1) is 17.2. The van der Waals surface area contributed by atoms with Crippen LogP contribution < -0.4 is 5.56 Å². The fraction of sp³-hybridized carbons (Fsp3) is 0.0476. The largest absolute Gasteiger partial charge is 0.300 e. The lowest BCUT2D eigenvalue weighted by molar-refractivity contribution is 0.545. The van der Waals surface area contributed by atoms with Gasteiger partial charge >= 0.3 is 0 Å². The molecule has 142 valence electrons. The summed E-state index contributed by atoms with van der Waals surface area (Å²) in [6.45, 7) is -0.269. The Kier molecular flexibility index (Phi) is 3.90. The Balaban J connectivity index is 1.62. The molecule has 1 aromatic carbocycles. The van der Waals surface area contributed by atoms with Crippen molar-refractivity contribution in [3.05, 3.63) is 94.9 Å². The van der Waals surface area contributed by atoms with Crippen LogP contribution in [0.4, 0.5) is 8.78 Å². The highest BCUT2D eigenvalue weighted by atomic mass is 19.1. The highest BCUT2D eigenvalue weighted by Crippen LogP contribution is 2.26. The van der Waals surface area contributed by atoms with Gasteiger partial charge in [0.1, 0.15) is 17.3 Å². The van der Waals surface area contributed by atoms with Crippen LogP contribution in [0.3, 0.4) is 0 Å². The van der Waals surface area contributed by atoms with Gasteiger partial charge in [-0.05, 0) is 30.3 Å². The van der Waals surface area contributed by atoms with Crippen molar-refractivity contribution < 1.29 is 8.78 Å². The van der Waals surface area contributed by atoms with Crippen molar-refractivity contribution in [2.45, 2.75) is 6.54 Å². The third-order valence-electron chi connectivity index (χ3n) is 4.82. The van der Waals surface area contributed by atoms with E-state index < -0.39 is 17.2 Å². The summed E-state index contributed by atoms with van der Waals surface area (Å²) < 4.78 is 32.8. The summed E-state index contributed by atoms with van der Waals surface area (Å²) in [4.78, 5) is 24.5. The van der Waals surface area contributed by atoms with E-state index >= 15 is 0 Å². The summed E-state index contributed by atoms with van der Waals surface area (Å²) >= 11 is 0. The van der Waals surface area contributed by atoms with Gasteiger partial charge in [-0.2, -0.15) is 0 Å². The topological polar surface area (TPSA) is 65.1 Å². The summed E-state index contributed by atoms with van der Waals surface area (Å²) in [5.41, 5.74) is 1.86. The molecule has 0 fully saturated rings. The second-order valence-corrected chi connectivity index (χ2v) is 6.54. The zero-order valence-corrected chi connectivity index (χ0v) is 15.0. The van der Waals surface area contributed by atoms with Gasteiger partial charge in [0.05, 0.1) is 41.9 Å². The van der Waals surface area contributed by atoms with Crippen molar-refractivity contribution in [2.75, 3.05) is 0 Å². The number of fused-ring (bicyclic) bond motifs is 2. The lowest BCUT2D eigenvalue weighted by atomic mass is 10.1. The lowest BCUT2D eigenvalue weighted by Gasteiger charge is -2.12. The maximum absolute atomic E-state index is 14.9. The minimum atomic E-state index is -0.744. The standard InChI is InChI=1S/C21H13F2N5O/c22-15-7-13(18-10-26-20-3-1-2-6-27(18)20)8-16(23)14(15)12-28-19-9-24-5-4-17(19)25-11-21(28)29/h1-11H,12H2. The van der Waals surface area contributed by atoms with Crippen LogP contribution in [0.1, 0.15) is 5.56 Å². The molecule has 5 rings (SSSR count). The minimum absolute atomic E-state index is 0.207. The molecular formula is C21H13F2N5O. The van der Waals surface area contributed by atoms with Gasteiger partial charge in [0.15, 0.2) is 0 Å². The van der Waals surface area contributed by atoms with Gasteiger partial charge in [-0.3, -0.25) is 18.7 Å². The number of hydrogen-bond donors (Lipinski definition) is 0. The predicted molar refractivity (Wildman–Crippen MR) is 103 cm³/mol. The Bertz CT molecular complexity index is 1420. The van der Waals surface area contributed by atoms with E-state index in [0.29, 0.717) is 27.9 Å². The van der Waals surface area contributed by atoms with Gasteiger partial charge in [-0.25, -0.2) is 18.7 Å². The van der Waals surface area contributed by atoms with E-state index in [-0.39, 0.29) is 12.1 Å². The van der Waals surface area contributed by atoms with E-state index in [2.05, 4.69) is 15.0 Å². The van der Waals surface area contributed by atoms with E-state index in [0.717, 1.165) is 6.20 Å². The van der Waals surface area contributed by atoms with Crippen LogP contribution >= 0.6 is 0 Å². The van der Waals surface area contributed by atoms with Crippen molar-refractivity contribution in [3.8, 4) is 11.3 Å². The molecule has 0 saturated carbocycles. The zero-order valence-electron chi connectivity index (χ0n) is 15.0. The smallest absolute Gasteiger partial charge is 0.269 e. The molecule has 0 aliphatic heterocycles. The average Bonchev–Trinajstić information content (AvgIpc) is 3.16. The number of aromatic nitrogens is 5. The number of benzene rings is 1. The first-order valence-electron chi connectivity index (χ1n) is 8.82. The molecule has 0 saturated heterocycles. The number of nitrogens with zero attached hydrogens (tertiary/aromatic N) is 5. The maximum atomic E-state index is 14.9. The molecule has 4 heterocycles. The molecule has 0 N–H and O–H groups in total. The molecule has 0 spiro atoms. The number of pyridine rings is 2. The number of halogens is 2. The Morgan fingerprint density at radius 1 is 0.966 bits per heavy atom. The Morgan fingerprint density at radius 3 is 2.62 bits per heavy atom. The summed E-state index contributed by atoms with van der Waals surface area (Å²) in [7, 11) is 0. The summed E-state index contributed by atoms with van der Waals surface area (Å²) in [6.07, 6.45) is 7.46. The van der Waals surface area contributed by atoms with Crippen LogP contribution in [0.15, 0.2) is 72.2 Å². The first-order valence-corrected chi connectivity index (χ1v) is 8.82. The molecule has 29 heavy (non-hydrogen) atoms. The molecule has 0 amide bonds. The average molecular weight is 389 g/mol. The number of imidazole rings is 1. The van der Waals surface area contributed by atoms with E-state index in [1.165, 1.54) is 29.1 Å². The van der Waals surface area contributed by atoms with Crippen molar-refractivity contribution >= 4 is 16.7 Å². The van der Waals surface area contributed by atoms with Gasteiger partial charge in [-0.15, -0.1) is 0 Å². The molecule has 0 aliphatic rings. The van der Waals surface area contributed by atoms with Gasteiger partial charge in [0.25, 0.3) is 5.56 Å². The molecule has 8 heteroatoms. The van der Waals surface area contributed by atoms with E-state index in [1.807, 2.05) is 12.1 Å². The van der Waals surface area contributed by atoms with Crippen LogP contribution in [0.25, 0.3) is 27.9 Å². The van der Waals surface area contributed by atoms with Gasteiger partial charge in [0, 0.05) is 23.5 Å². The molecule has 6 nitrogen and oxygen atoms in total. The minimum Gasteiger partial charge on any atom is -0.300 e. The molecule has 5 aromatic rings. The van der Waals surface area contributed by atoms with E-state index in [1.54, 1.807) is 28.9 Å². The summed E-state index contributed by atoms with van der Waals surface area (Å²) in [5.74, 6) is -1.49. The molecule has 4 aromatic heterocycles. The van der Waals surface area contributed by atoms with Crippen molar-refractivity contribution in [3.63, 3.8) is 0 Å². The third kappa shape index (κ3) is 2.85. The van der Waals surface area contributed by atoms with Gasteiger partial charge in [-0.1, -0.05) is 6.07 Å². The number of hydrogen-bond acceptors (Lipinski definition) is 4. The quantitative estimate of drug-likeness (QED) is 0.474. The number of rotatable bonds is 3. The van der Waals surface area contributed by atoms with E-state index in [9.17, 15) is 13.6 Å². The van der Waals surface area contributed by atoms with Crippen LogP contribution in [-0.2, 0) is 6.54 Å². The lowest BCUT2D eigenvalue weighted by Crippen LogP contribution is -2.22. The Morgan fingerprint density at radius 2 is 1.79 bits per heavy atom. The fourth-order valence-corrected chi connectivity index (χ4v) is 3.38. The Labute approximate surface area is 162 Å². The Hall–Kier alpha value is -3.94. The second kappa shape index (κ2) is 6.59. The molecule has 0 radical (unpaired) electrons. The first-order chi connectivity index (χ1) is 14.1. The van der Waals surface area contributed by atoms with Crippen LogP contribution in [0.2, 0.25) is 0 Å². The van der Waals surface area contributed by atoms with Crippen LogP contribution in [-0.4, -0.2) is 23.9 Å². The normalized spacial score (nSPS) is 11.4. The second-order valence-electron chi connectivity index (χ2n) is 6.54. The SMILES string of the molecule is O=c1cnc2ccncc2n1Cc1c(F)cc(-c2cnc3ccccn23)cc1F. The maximum Gasteiger partial charge on any atom is 0.269 e.